The molecule has 32 heavy (non-hydrogen) atoms. The SMILES string of the molecule is Cc1c(N2CCCCC2)nc2ccc(Br)cc2c1C(=O)Nc1ccc(OC(F)(F)F)cc1. The molecular weight excluding hydrogens is 487 g/mol. The number of hydrogen-bond acceptors (Lipinski definition) is 4. The maximum Gasteiger partial charge on any atom is 0.573 e. The molecule has 0 atom stereocenters. The third-order valence-corrected chi connectivity index (χ3v) is 5.89. The summed E-state index contributed by atoms with van der Waals surface area (Å²) in [5, 5.41) is 3.49. The van der Waals surface area contributed by atoms with Crippen LogP contribution in [0.25, 0.3) is 10.9 Å². The summed E-state index contributed by atoms with van der Waals surface area (Å²) in [6.07, 6.45) is -1.44. The molecule has 0 spiro atoms. The van der Waals surface area contributed by atoms with E-state index in [0.717, 1.165) is 53.9 Å². The normalized spacial score (nSPS) is 14.5. The second kappa shape index (κ2) is 8.97. The Labute approximate surface area is 191 Å². The molecule has 0 aliphatic carbocycles. The number of rotatable bonds is 4. The van der Waals surface area contributed by atoms with Crippen molar-refractivity contribution in [2.75, 3.05) is 23.3 Å². The largest absolute Gasteiger partial charge is 0.573 e. The van der Waals surface area contributed by atoms with Crippen LogP contribution in [0.4, 0.5) is 24.7 Å². The summed E-state index contributed by atoms with van der Waals surface area (Å²) in [6.45, 7) is 3.65. The maximum atomic E-state index is 13.3. The number of carbonyl (C=O) groups is 1. The van der Waals surface area contributed by atoms with E-state index in [4.69, 9.17) is 4.98 Å². The van der Waals surface area contributed by atoms with Gasteiger partial charge in [0.1, 0.15) is 11.6 Å². The van der Waals surface area contributed by atoms with Gasteiger partial charge in [-0.15, -0.1) is 13.2 Å². The van der Waals surface area contributed by atoms with E-state index in [1.807, 2.05) is 25.1 Å². The van der Waals surface area contributed by atoms with Crippen molar-refractivity contribution in [2.24, 2.45) is 0 Å². The first-order chi connectivity index (χ1) is 15.2. The fourth-order valence-electron chi connectivity index (χ4n) is 3.96. The quantitative estimate of drug-likeness (QED) is 0.441. The Morgan fingerprint density at radius 1 is 1.09 bits per heavy atom. The monoisotopic (exact) mass is 507 g/mol. The highest BCUT2D eigenvalue weighted by molar-refractivity contribution is 9.10. The summed E-state index contributed by atoms with van der Waals surface area (Å²) in [5.74, 6) is 0.0895. The number of amides is 1. The summed E-state index contributed by atoms with van der Waals surface area (Å²) < 4.78 is 41.9. The topological polar surface area (TPSA) is 54.5 Å². The molecule has 2 aromatic carbocycles. The van der Waals surface area contributed by atoms with Gasteiger partial charge < -0.3 is 15.0 Å². The number of hydrogen-bond donors (Lipinski definition) is 1. The molecule has 1 amide bonds. The van der Waals surface area contributed by atoms with Crippen molar-refractivity contribution in [3.05, 3.63) is 58.1 Å². The van der Waals surface area contributed by atoms with Gasteiger partial charge in [-0.05, 0) is 68.7 Å². The molecule has 3 aromatic rings. The minimum absolute atomic E-state index is 0.350. The van der Waals surface area contributed by atoms with Crippen molar-refractivity contribution in [2.45, 2.75) is 32.5 Å². The molecule has 2 heterocycles. The number of halogens is 4. The Hall–Kier alpha value is -2.81. The summed E-state index contributed by atoms with van der Waals surface area (Å²) in [6, 6.07) is 10.7. The minimum atomic E-state index is -4.77. The van der Waals surface area contributed by atoms with Gasteiger partial charge in [0.05, 0.1) is 11.1 Å². The van der Waals surface area contributed by atoms with Gasteiger partial charge in [0, 0.05) is 34.2 Å². The van der Waals surface area contributed by atoms with Gasteiger partial charge in [-0.1, -0.05) is 15.9 Å². The van der Waals surface area contributed by atoms with Gasteiger partial charge in [0.25, 0.3) is 5.91 Å². The lowest BCUT2D eigenvalue weighted by atomic mass is 10.0. The van der Waals surface area contributed by atoms with Crippen LogP contribution in [0, 0.1) is 6.92 Å². The third kappa shape index (κ3) is 4.98. The van der Waals surface area contributed by atoms with Crippen LogP contribution < -0.4 is 15.0 Å². The lowest BCUT2D eigenvalue weighted by Gasteiger charge is -2.30. The summed E-state index contributed by atoms with van der Waals surface area (Å²) in [7, 11) is 0. The smallest absolute Gasteiger partial charge is 0.406 e. The van der Waals surface area contributed by atoms with Crippen molar-refractivity contribution in [1.29, 1.82) is 0 Å². The van der Waals surface area contributed by atoms with Crippen LogP contribution in [0.15, 0.2) is 46.9 Å². The molecule has 1 aliphatic heterocycles. The van der Waals surface area contributed by atoms with Gasteiger partial charge in [0.2, 0.25) is 0 Å². The van der Waals surface area contributed by atoms with Crippen LogP contribution in [0.5, 0.6) is 5.75 Å². The lowest BCUT2D eigenvalue weighted by Crippen LogP contribution is -2.31. The highest BCUT2D eigenvalue weighted by Gasteiger charge is 2.31. The lowest BCUT2D eigenvalue weighted by molar-refractivity contribution is -0.274. The standard InChI is InChI=1S/C23H21BrF3N3O2/c1-14-20(22(31)28-16-6-8-17(9-7-16)32-23(25,26)27)18-13-15(24)5-10-19(18)29-21(14)30-11-3-2-4-12-30/h5-10,13H,2-4,11-12H2,1H3,(H,28,31). The van der Waals surface area contributed by atoms with Crippen molar-refractivity contribution < 1.29 is 22.7 Å². The van der Waals surface area contributed by atoms with Gasteiger partial charge in [-0.25, -0.2) is 4.98 Å². The molecule has 1 fully saturated rings. The molecule has 5 nitrogen and oxygen atoms in total. The van der Waals surface area contributed by atoms with Crippen LogP contribution in [0.2, 0.25) is 0 Å². The number of pyridine rings is 1. The average molecular weight is 508 g/mol. The Morgan fingerprint density at radius 3 is 2.44 bits per heavy atom. The van der Waals surface area contributed by atoms with Crippen LogP contribution in [0.1, 0.15) is 35.2 Å². The fraction of sp³-hybridized carbons (Fsp3) is 0.304. The highest BCUT2D eigenvalue weighted by Crippen LogP contribution is 2.32. The molecule has 0 radical (unpaired) electrons. The van der Waals surface area contributed by atoms with E-state index in [9.17, 15) is 18.0 Å². The Balaban J connectivity index is 1.69. The summed E-state index contributed by atoms with van der Waals surface area (Å²) >= 11 is 3.46. The molecular formula is C23H21BrF3N3O2. The average Bonchev–Trinajstić information content (AvgIpc) is 2.74. The number of anilines is 2. The van der Waals surface area contributed by atoms with E-state index in [1.54, 1.807) is 0 Å². The molecule has 1 saturated heterocycles. The van der Waals surface area contributed by atoms with Gasteiger partial charge in [-0.3, -0.25) is 4.79 Å². The number of ether oxygens (including phenoxy) is 1. The number of piperidine rings is 1. The number of aromatic nitrogens is 1. The summed E-state index contributed by atoms with van der Waals surface area (Å²) in [4.78, 5) is 20.4. The highest BCUT2D eigenvalue weighted by atomic mass is 79.9. The van der Waals surface area contributed by atoms with E-state index in [-0.39, 0.29) is 11.7 Å². The van der Waals surface area contributed by atoms with Crippen molar-refractivity contribution in [3.63, 3.8) is 0 Å². The van der Waals surface area contributed by atoms with Crippen LogP contribution in [-0.2, 0) is 0 Å². The number of nitrogens with zero attached hydrogens (tertiary/aromatic N) is 2. The van der Waals surface area contributed by atoms with Crippen LogP contribution >= 0.6 is 15.9 Å². The molecule has 4 rings (SSSR count). The first-order valence-corrected chi connectivity index (χ1v) is 11.0. The fourth-order valence-corrected chi connectivity index (χ4v) is 4.32. The minimum Gasteiger partial charge on any atom is -0.406 e. The second-order valence-electron chi connectivity index (χ2n) is 7.67. The van der Waals surface area contributed by atoms with E-state index in [2.05, 4.69) is 30.9 Å². The number of fused-ring (bicyclic) bond motifs is 1. The molecule has 1 aliphatic rings. The molecule has 0 bridgehead atoms. The number of benzene rings is 2. The van der Waals surface area contributed by atoms with Crippen molar-refractivity contribution in [1.82, 2.24) is 4.98 Å². The van der Waals surface area contributed by atoms with E-state index < -0.39 is 6.36 Å². The number of nitrogens with one attached hydrogen (secondary N) is 1. The van der Waals surface area contributed by atoms with Crippen LogP contribution in [0.3, 0.4) is 0 Å². The summed E-state index contributed by atoms with van der Waals surface area (Å²) in [5.41, 5.74) is 2.33. The molecule has 1 N–H and O–H groups in total. The van der Waals surface area contributed by atoms with E-state index >= 15 is 0 Å². The van der Waals surface area contributed by atoms with Crippen LogP contribution in [-0.4, -0.2) is 30.3 Å². The third-order valence-electron chi connectivity index (χ3n) is 5.39. The van der Waals surface area contributed by atoms with Crippen molar-refractivity contribution in [3.8, 4) is 5.75 Å². The van der Waals surface area contributed by atoms with Gasteiger partial charge in [-0.2, -0.15) is 0 Å². The first-order valence-electron chi connectivity index (χ1n) is 10.2. The van der Waals surface area contributed by atoms with E-state index in [0.29, 0.717) is 22.2 Å². The molecule has 1 aromatic heterocycles. The molecule has 0 saturated carbocycles. The first kappa shape index (κ1) is 22.4. The Bertz CT molecular complexity index is 1140. The van der Waals surface area contributed by atoms with Gasteiger partial charge >= 0.3 is 6.36 Å². The number of alkyl halides is 3. The maximum absolute atomic E-state index is 13.3. The predicted octanol–water partition coefficient (Wildman–Crippen LogP) is 6.45. The number of carbonyl (C=O) groups excluding carboxylic acids is 1. The van der Waals surface area contributed by atoms with Crippen molar-refractivity contribution >= 4 is 44.2 Å². The second-order valence-corrected chi connectivity index (χ2v) is 8.59. The zero-order chi connectivity index (χ0) is 22.9. The predicted molar refractivity (Wildman–Crippen MR) is 121 cm³/mol. The van der Waals surface area contributed by atoms with E-state index in [1.165, 1.54) is 18.6 Å². The molecule has 9 heteroatoms. The zero-order valence-corrected chi connectivity index (χ0v) is 18.9. The molecule has 168 valence electrons. The van der Waals surface area contributed by atoms with Gasteiger partial charge in [0.15, 0.2) is 0 Å². The Morgan fingerprint density at radius 2 is 1.78 bits per heavy atom. The Kier molecular flexibility index (Phi) is 6.28. The molecule has 0 unspecified atom stereocenters. The zero-order valence-electron chi connectivity index (χ0n) is 17.3.